The maximum atomic E-state index is 12.9. The first-order valence-corrected chi connectivity index (χ1v) is 14.3. The second-order valence-electron chi connectivity index (χ2n) is 9.41. The molecule has 0 aliphatic heterocycles. The Balaban J connectivity index is 3.18. The first-order chi connectivity index (χ1) is 11.2. The molecule has 5 heteroatoms. The number of Topliss-reactive ketones (excluding diaryl/α,β-unsaturated/α-hetero) is 1. The van der Waals surface area contributed by atoms with Gasteiger partial charge in [-0.25, -0.2) is 0 Å². The van der Waals surface area contributed by atoms with Crippen LogP contribution in [-0.2, 0) is 9.84 Å². The van der Waals surface area contributed by atoms with Gasteiger partial charge in [0.05, 0.1) is 12.2 Å². The van der Waals surface area contributed by atoms with Gasteiger partial charge in [0, 0.05) is 0 Å². The summed E-state index contributed by atoms with van der Waals surface area (Å²) in [5.74, 6) is 0.756. The van der Waals surface area contributed by atoms with Crippen LogP contribution in [0.4, 0.5) is 0 Å². The third-order valence-electron chi connectivity index (χ3n) is 4.80. The maximum absolute atomic E-state index is 12.9. The normalized spacial score (nSPS) is 13.2. The summed E-state index contributed by atoms with van der Waals surface area (Å²) in [6.07, 6.45) is 0. The van der Waals surface area contributed by atoms with Crippen LogP contribution in [-0.4, -0.2) is 29.7 Å². The molecule has 0 aliphatic carbocycles. The minimum absolute atomic E-state index is 0.00850. The summed E-state index contributed by atoms with van der Waals surface area (Å²) < 4.78 is 12.3. The zero-order valence-corrected chi connectivity index (χ0v) is 19.7. The average molecular weight is 380 g/mol. The molecule has 25 heavy (non-hydrogen) atoms. The molecule has 0 saturated carbocycles. The van der Waals surface area contributed by atoms with Crippen LogP contribution in [0.1, 0.15) is 57.5 Å². The summed E-state index contributed by atoms with van der Waals surface area (Å²) >= 11 is 0. The highest BCUT2D eigenvalue weighted by Gasteiger charge is 2.38. The smallest absolute Gasteiger partial charge is 0.274 e. The third-order valence-corrected chi connectivity index (χ3v) is 9.89. The molecule has 0 spiro atoms. The first-order valence-electron chi connectivity index (χ1n) is 8.95. The Morgan fingerprint density at radius 1 is 1.08 bits per heavy atom. The molecule has 1 aromatic rings. The van der Waals surface area contributed by atoms with Crippen molar-refractivity contribution in [1.29, 1.82) is 0 Å². The zero-order chi connectivity index (χ0) is 19.6. The van der Waals surface area contributed by atoms with Crippen LogP contribution < -0.4 is 4.43 Å². The van der Waals surface area contributed by atoms with Crippen molar-refractivity contribution >= 4 is 23.1 Å². The Bertz CT molecular complexity index is 608. The molecule has 0 aliphatic rings. The van der Waals surface area contributed by atoms with E-state index in [0.29, 0.717) is 5.56 Å². The standard InChI is InChI=1S/C20H35O3Si2/c1-19(2,3)16-13-11-12-15(18(16)23-24(7)8)17(21)14-22-25(9,10)20(4,5)6/h11-13H,14H2,1-10H3. The molecule has 0 amide bonds. The molecule has 0 heterocycles. The van der Waals surface area contributed by atoms with Crippen molar-refractivity contribution in [2.75, 3.05) is 6.61 Å². The second-order valence-corrected chi connectivity index (χ2v) is 16.2. The number of benzene rings is 1. The van der Waals surface area contributed by atoms with E-state index in [1.54, 1.807) is 0 Å². The average Bonchev–Trinajstić information content (AvgIpc) is 2.42. The van der Waals surface area contributed by atoms with E-state index >= 15 is 0 Å². The lowest BCUT2D eigenvalue weighted by molar-refractivity contribution is 0.0909. The van der Waals surface area contributed by atoms with Crippen LogP contribution in [0.15, 0.2) is 18.2 Å². The molecule has 0 N–H and O–H groups in total. The van der Waals surface area contributed by atoms with E-state index in [2.05, 4.69) is 73.8 Å². The Kier molecular flexibility index (Phi) is 6.87. The Morgan fingerprint density at radius 3 is 2.08 bits per heavy atom. The van der Waals surface area contributed by atoms with E-state index in [4.69, 9.17) is 8.85 Å². The Hall–Kier alpha value is -0.916. The van der Waals surface area contributed by atoms with E-state index in [1.165, 1.54) is 0 Å². The Morgan fingerprint density at radius 2 is 1.64 bits per heavy atom. The maximum Gasteiger partial charge on any atom is 0.274 e. The Labute approximate surface area is 157 Å². The highest BCUT2D eigenvalue weighted by Crippen LogP contribution is 2.38. The van der Waals surface area contributed by atoms with E-state index in [0.717, 1.165) is 11.3 Å². The van der Waals surface area contributed by atoms with Gasteiger partial charge in [0.1, 0.15) is 5.75 Å². The molecule has 1 rings (SSSR count). The molecule has 0 bridgehead atoms. The summed E-state index contributed by atoms with van der Waals surface area (Å²) in [6.45, 7) is 21.6. The van der Waals surface area contributed by atoms with Crippen LogP contribution >= 0.6 is 0 Å². The third kappa shape index (κ3) is 5.79. The van der Waals surface area contributed by atoms with Crippen molar-refractivity contribution in [2.24, 2.45) is 0 Å². The van der Waals surface area contributed by atoms with Crippen LogP contribution in [0.5, 0.6) is 5.75 Å². The number of para-hydroxylation sites is 1. The number of ketones is 1. The number of hydrogen-bond donors (Lipinski definition) is 0. The SMILES string of the molecule is C[Si](C)Oc1c(C(=O)CO[Si](C)(C)C(C)(C)C)cccc1C(C)(C)C. The second kappa shape index (κ2) is 7.76. The van der Waals surface area contributed by atoms with E-state index in [1.807, 2.05) is 12.1 Å². The highest BCUT2D eigenvalue weighted by molar-refractivity contribution is 6.74. The van der Waals surface area contributed by atoms with Gasteiger partial charge in [-0.2, -0.15) is 0 Å². The lowest BCUT2D eigenvalue weighted by atomic mass is 9.85. The predicted octanol–water partition coefficient (Wildman–Crippen LogP) is 5.82. The van der Waals surface area contributed by atoms with Crippen molar-refractivity contribution in [3.63, 3.8) is 0 Å². The van der Waals surface area contributed by atoms with Gasteiger partial charge < -0.3 is 8.85 Å². The zero-order valence-electron chi connectivity index (χ0n) is 17.7. The van der Waals surface area contributed by atoms with Crippen LogP contribution in [0, 0.1) is 0 Å². The van der Waals surface area contributed by atoms with Gasteiger partial charge in [0.25, 0.3) is 9.04 Å². The molecule has 1 radical (unpaired) electrons. The number of carbonyl (C=O) groups excluding carboxylic acids is 1. The van der Waals surface area contributed by atoms with Gasteiger partial charge in [0.2, 0.25) is 0 Å². The molecule has 0 unspecified atom stereocenters. The molecule has 3 nitrogen and oxygen atoms in total. The van der Waals surface area contributed by atoms with Crippen molar-refractivity contribution in [3.8, 4) is 5.75 Å². The molecular weight excluding hydrogens is 344 g/mol. The largest absolute Gasteiger partial charge is 0.542 e. The van der Waals surface area contributed by atoms with Crippen molar-refractivity contribution < 1.29 is 13.6 Å². The molecule has 0 atom stereocenters. The lowest BCUT2D eigenvalue weighted by Crippen LogP contribution is -2.42. The van der Waals surface area contributed by atoms with Crippen LogP contribution in [0.2, 0.25) is 31.2 Å². The molecular formula is C20H35O3Si2. The summed E-state index contributed by atoms with van der Waals surface area (Å²) in [5, 5.41) is 0.0862. The fraction of sp³-hybridized carbons (Fsp3) is 0.650. The fourth-order valence-corrected chi connectivity index (χ4v) is 3.75. The molecule has 141 valence electrons. The van der Waals surface area contributed by atoms with Crippen LogP contribution in [0.3, 0.4) is 0 Å². The molecule has 0 fully saturated rings. The van der Waals surface area contributed by atoms with Gasteiger partial charge in [-0.05, 0) is 48.3 Å². The van der Waals surface area contributed by atoms with Gasteiger partial charge in [-0.15, -0.1) is 0 Å². The topological polar surface area (TPSA) is 35.5 Å². The van der Waals surface area contributed by atoms with Crippen molar-refractivity contribution in [2.45, 2.75) is 78.2 Å². The lowest BCUT2D eigenvalue weighted by Gasteiger charge is -2.36. The van der Waals surface area contributed by atoms with Gasteiger partial charge in [-0.1, -0.05) is 53.7 Å². The van der Waals surface area contributed by atoms with Gasteiger partial charge in [0.15, 0.2) is 14.1 Å². The van der Waals surface area contributed by atoms with Crippen LogP contribution in [0.25, 0.3) is 0 Å². The van der Waals surface area contributed by atoms with Gasteiger partial charge >= 0.3 is 0 Å². The van der Waals surface area contributed by atoms with E-state index in [-0.39, 0.29) is 22.8 Å². The van der Waals surface area contributed by atoms with Crippen molar-refractivity contribution in [1.82, 2.24) is 0 Å². The number of hydrogen-bond acceptors (Lipinski definition) is 3. The summed E-state index contributed by atoms with van der Waals surface area (Å²) in [4.78, 5) is 12.9. The van der Waals surface area contributed by atoms with Crippen molar-refractivity contribution in [3.05, 3.63) is 29.3 Å². The summed E-state index contributed by atoms with van der Waals surface area (Å²) in [7, 11) is -2.93. The summed E-state index contributed by atoms with van der Waals surface area (Å²) in [5.41, 5.74) is 1.65. The van der Waals surface area contributed by atoms with Gasteiger partial charge in [-0.3, -0.25) is 4.79 Å². The number of carbonyl (C=O) groups is 1. The molecule has 0 aromatic heterocycles. The highest BCUT2D eigenvalue weighted by atomic mass is 28.4. The fourth-order valence-electron chi connectivity index (χ4n) is 2.20. The first kappa shape index (κ1) is 22.1. The van der Waals surface area contributed by atoms with E-state index < -0.39 is 17.4 Å². The van der Waals surface area contributed by atoms with E-state index in [9.17, 15) is 4.79 Å². The molecule has 0 saturated heterocycles. The minimum Gasteiger partial charge on any atom is -0.542 e. The summed E-state index contributed by atoms with van der Waals surface area (Å²) in [6, 6.07) is 5.88. The monoisotopic (exact) mass is 379 g/mol. The molecule has 1 aromatic carbocycles. The minimum atomic E-state index is -1.96. The number of rotatable bonds is 6. The predicted molar refractivity (Wildman–Crippen MR) is 111 cm³/mol. The quantitative estimate of drug-likeness (QED) is 0.461.